The molecule has 0 N–H and O–H groups in total. The Kier molecular flexibility index (Phi) is 4.32. The van der Waals surface area contributed by atoms with E-state index in [1.165, 1.54) is 19.2 Å². The molecule has 0 aliphatic rings. The van der Waals surface area contributed by atoms with Crippen LogP contribution < -0.4 is 9.47 Å². The quantitative estimate of drug-likeness (QED) is 0.438. The van der Waals surface area contributed by atoms with E-state index in [1.807, 2.05) is 0 Å². The topological polar surface area (TPSA) is 61.8 Å². The molecular formula is C11H12O5. The van der Waals surface area contributed by atoms with Crippen LogP contribution in [0.15, 0.2) is 24.3 Å². The van der Waals surface area contributed by atoms with E-state index in [2.05, 4.69) is 4.74 Å². The molecule has 0 atom stereocenters. The number of methoxy groups -OCH3 is 1. The number of carbonyl (C=O) groups excluding carboxylic acids is 2. The Balaban J connectivity index is 2.59. The first-order valence-corrected chi connectivity index (χ1v) is 4.70. The number of esters is 2. The normalized spacial score (nSPS) is 9.38. The maximum Gasteiger partial charge on any atom is 0.422 e. The van der Waals surface area contributed by atoms with E-state index >= 15 is 0 Å². The fourth-order valence-electron chi connectivity index (χ4n) is 0.982. The van der Waals surface area contributed by atoms with Gasteiger partial charge < -0.3 is 14.2 Å². The Labute approximate surface area is 92.9 Å². The van der Waals surface area contributed by atoms with Gasteiger partial charge in [-0.2, -0.15) is 0 Å². The second-order valence-corrected chi connectivity index (χ2v) is 2.79. The van der Waals surface area contributed by atoms with Crippen LogP contribution in [0, 0.1) is 0 Å². The molecule has 16 heavy (non-hydrogen) atoms. The summed E-state index contributed by atoms with van der Waals surface area (Å²) in [4.78, 5) is 22.1. The van der Waals surface area contributed by atoms with Gasteiger partial charge in [0, 0.05) is 0 Å². The molecule has 0 spiro atoms. The lowest BCUT2D eigenvalue weighted by molar-refractivity contribution is -0.161. The van der Waals surface area contributed by atoms with Gasteiger partial charge in [0.05, 0.1) is 13.7 Å². The highest BCUT2D eigenvalue weighted by Crippen LogP contribution is 2.17. The standard InChI is InChI=1S/C11H12O5/c1-3-15-10(12)11(13)16-9-6-4-8(14-2)5-7-9/h4-7H,3H2,1-2H3. The van der Waals surface area contributed by atoms with E-state index in [9.17, 15) is 9.59 Å². The molecular weight excluding hydrogens is 212 g/mol. The molecule has 0 aliphatic carbocycles. The summed E-state index contributed by atoms with van der Waals surface area (Å²) in [6.07, 6.45) is 0. The predicted molar refractivity (Wildman–Crippen MR) is 55.3 cm³/mol. The summed E-state index contributed by atoms with van der Waals surface area (Å²) >= 11 is 0. The molecule has 5 nitrogen and oxygen atoms in total. The second-order valence-electron chi connectivity index (χ2n) is 2.79. The number of hydrogen-bond donors (Lipinski definition) is 0. The van der Waals surface area contributed by atoms with Crippen LogP contribution in [0.3, 0.4) is 0 Å². The van der Waals surface area contributed by atoms with Crippen LogP contribution in [-0.4, -0.2) is 25.7 Å². The van der Waals surface area contributed by atoms with Crippen molar-refractivity contribution in [2.45, 2.75) is 6.92 Å². The van der Waals surface area contributed by atoms with Crippen molar-refractivity contribution in [1.82, 2.24) is 0 Å². The third-order valence-corrected chi connectivity index (χ3v) is 1.71. The molecule has 0 amide bonds. The summed E-state index contributed by atoms with van der Waals surface area (Å²) < 4.78 is 14.2. The molecule has 0 aliphatic heterocycles. The molecule has 0 saturated carbocycles. The first-order chi connectivity index (χ1) is 7.67. The van der Waals surface area contributed by atoms with Crippen LogP contribution >= 0.6 is 0 Å². The third-order valence-electron chi connectivity index (χ3n) is 1.71. The molecule has 1 aromatic carbocycles. The highest BCUT2D eigenvalue weighted by molar-refractivity contribution is 6.30. The van der Waals surface area contributed by atoms with Gasteiger partial charge in [-0.1, -0.05) is 0 Å². The summed E-state index contributed by atoms with van der Waals surface area (Å²) in [5.74, 6) is -1.14. The number of benzene rings is 1. The zero-order valence-electron chi connectivity index (χ0n) is 9.06. The maximum absolute atomic E-state index is 11.1. The van der Waals surface area contributed by atoms with Crippen LogP contribution in [0.5, 0.6) is 11.5 Å². The molecule has 0 radical (unpaired) electrons. The summed E-state index contributed by atoms with van der Waals surface area (Å²) in [7, 11) is 1.53. The molecule has 0 fully saturated rings. The monoisotopic (exact) mass is 224 g/mol. The lowest BCUT2D eigenvalue weighted by Gasteiger charge is -2.04. The van der Waals surface area contributed by atoms with E-state index in [0.717, 1.165) is 0 Å². The lowest BCUT2D eigenvalue weighted by atomic mass is 10.3. The molecule has 86 valence electrons. The van der Waals surface area contributed by atoms with Gasteiger partial charge in [0.15, 0.2) is 0 Å². The molecule has 1 rings (SSSR count). The highest BCUT2D eigenvalue weighted by atomic mass is 16.6. The second kappa shape index (κ2) is 5.75. The Morgan fingerprint density at radius 3 is 2.12 bits per heavy atom. The summed E-state index contributed by atoms with van der Waals surface area (Å²) in [5, 5.41) is 0. The lowest BCUT2D eigenvalue weighted by Crippen LogP contribution is -2.22. The minimum Gasteiger partial charge on any atom is -0.497 e. The Hall–Kier alpha value is -2.04. The SMILES string of the molecule is CCOC(=O)C(=O)Oc1ccc(OC)cc1. The fourth-order valence-corrected chi connectivity index (χ4v) is 0.982. The average Bonchev–Trinajstić information content (AvgIpc) is 2.30. The number of hydrogen-bond acceptors (Lipinski definition) is 5. The van der Waals surface area contributed by atoms with Gasteiger partial charge in [-0.3, -0.25) is 0 Å². The Bertz CT molecular complexity index is 368. The van der Waals surface area contributed by atoms with Crippen molar-refractivity contribution >= 4 is 11.9 Å². The van der Waals surface area contributed by atoms with Crippen LogP contribution in [0.4, 0.5) is 0 Å². The van der Waals surface area contributed by atoms with Gasteiger partial charge in [0.1, 0.15) is 11.5 Å². The van der Waals surface area contributed by atoms with Gasteiger partial charge in [0.25, 0.3) is 0 Å². The zero-order chi connectivity index (χ0) is 12.0. The summed E-state index contributed by atoms with van der Waals surface area (Å²) in [6.45, 7) is 1.75. The van der Waals surface area contributed by atoms with Crippen molar-refractivity contribution in [3.63, 3.8) is 0 Å². The van der Waals surface area contributed by atoms with Crippen molar-refractivity contribution < 1.29 is 23.8 Å². The van der Waals surface area contributed by atoms with Gasteiger partial charge in [-0.05, 0) is 31.2 Å². The van der Waals surface area contributed by atoms with E-state index in [-0.39, 0.29) is 12.4 Å². The van der Waals surface area contributed by atoms with Crippen LogP contribution in [0.1, 0.15) is 6.92 Å². The van der Waals surface area contributed by atoms with Crippen LogP contribution in [0.2, 0.25) is 0 Å². The average molecular weight is 224 g/mol. The van der Waals surface area contributed by atoms with Gasteiger partial charge in [0.2, 0.25) is 0 Å². The van der Waals surface area contributed by atoms with E-state index in [1.54, 1.807) is 19.1 Å². The zero-order valence-corrected chi connectivity index (χ0v) is 9.06. The number of carbonyl (C=O) groups is 2. The van der Waals surface area contributed by atoms with E-state index < -0.39 is 11.9 Å². The predicted octanol–water partition coefficient (Wildman–Crippen LogP) is 1.16. The van der Waals surface area contributed by atoms with Crippen LogP contribution in [-0.2, 0) is 14.3 Å². The van der Waals surface area contributed by atoms with Crippen molar-refractivity contribution in [3.8, 4) is 11.5 Å². The maximum atomic E-state index is 11.1. The minimum atomic E-state index is -1.04. The molecule has 0 saturated heterocycles. The largest absolute Gasteiger partial charge is 0.497 e. The Morgan fingerprint density at radius 1 is 1.06 bits per heavy atom. The van der Waals surface area contributed by atoms with Crippen molar-refractivity contribution in [3.05, 3.63) is 24.3 Å². The number of ether oxygens (including phenoxy) is 3. The van der Waals surface area contributed by atoms with E-state index in [4.69, 9.17) is 9.47 Å². The molecule has 5 heteroatoms. The smallest absolute Gasteiger partial charge is 0.422 e. The fraction of sp³-hybridized carbons (Fsp3) is 0.273. The summed E-state index contributed by atoms with van der Waals surface area (Å²) in [5.41, 5.74) is 0. The molecule has 1 aromatic rings. The Morgan fingerprint density at radius 2 is 1.62 bits per heavy atom. The van der Waals surface area contributed by atoms with Gasteiger partial charge in [-0.15, -0.1) is 0 Å². The van der Waals surface area contributed by atoms with Crippen molar-refractivity contribution in [2.24, 2.45) is 0 Å². The van der Waals surface area contributed by atoms with Crippen molar-refractivity contribution in [2.75, 3.05) is 13.7 Å². The molecule has 0 heterocycles. The summed E-state index contributed by atoms with van der Waals surface area (Å²) in [6, 6.07) is 6.29. The van der Waals surface area contributed by atoms with E-state index in [0.29, 0.717) is 5.75 Å². The molecule has 0 unspecified atom stereocenters. The molecule has 0 aromatic heterocycles. The van der Waals surface area contributed by atoms with Crippen LogP contribution in [0.25, 0.3) is 0 Å². The highest BCUT2D eigenvalue weighted by Gasteiger charge is 2.17. The number of rotatable bonds is 3. The minimum absolute atomic E-state index is 0.135. The first kappa shape index (κ1) is 12.0. The van der Waals surface area contributed by atoms with Gasteiger partial charge >= 0.3 is 11.9 Å². The van der Waals surface area contributed by atoms with Crippen molar-refractivity contribution in [1.29, 1.82) is 0 Å². The van der Waals surface area contributed by atoms with Gasteiger partial charge in [-0.25, -0.2) is 9.59 Å². The molecule has 0 bridgehead atoms. The first-order valence-electron chi connectivity index (χ1n) is 4.70. The third kappa shape index (κ3) is 3.27.